The second kappa shape index (κ2) is 9.13. The summed E-state index contributed by atoms with van der Waals surface area (Å²) in [4.78, 5) is 11.8. The van der Waals surface area contributed by atoms with Crippen LogP contribution in [0.1, 0.15) is 57.4 Å². The molecule has 0 radical (unpaired) electrons. The van der Waals surface area contributed by atoms with Gasteiger partial charge < -0.3 is 4.74 Å². The maximum absolute atomic E-state index is 11.8. The van der Waals surface area contributed by atoms with Gasteiger partial charge in [0.25, 0.3) is 0 Å². The highest BCUT2D eigenvalue weighted by atomic mass is 79.9. The lowest BCUT2D eigenvalue weighted by atomic mass is 9.91. The fourth-order valence-electron chi connectivity index (χ4n) is 2.06. The van der Waals surface area contributed by atoms with Crippen LogP contribution in [0.2, 0.25) is 0 Å². The molecule has 0 aliphatic rings. The summed E-state index contributed by atoms with van der Waals surface area (Å²) in [6, 6.07) is 8.23. The minimum atomic E-state index is -0.0742. The molecule has 0 bridgehead atoms. The van der Waals surface area contributed by atoms with Gasteiger partial charge in [-0.25, -0.2) is 0 Å². The van der Waals surface area contributed by atoms with E-state index in [2.05, 4.69) is 41.9 Å². The van der Waals surface area contributed by atoms with Gasteiger partial charge in [-0.1, -0.05) is 54.8 Å². The van der Waals surface area contributed by atoms with Crippen LogP contribution in [0, 0.1) is 0 Å². The smallest absolute Gasteiger partial charge is 0.306 e. The Labute approximate surface area is 124 Å². The highest BCUT2D eigenvalue weighted by molar-refractivity contribution is 9.10. The van der Waals surface area contributed by atoms with Crippen molar-refractivity contribution >= 4 is 21.9 Å². The van der Waals surface area contributed by atoms with Gasteiger partial charge in [0.1, 0.15) is 0 Å². The largest absolute Gasteiger partial charge is 0.466 e. The van der Waals surface area contributed by atoms with Crippen LogP contribution in [0.15, 0.2) is 28.7 Å². The number of halogens is 1. The third kappa shape index (κ3) is 6.24. The summed E-state index contributed by atoms with van der Waals surface area (Å²) in [6.07, 6.45) is 4.58. The van der Waals surface area contributed by atoms with Crippen LogP contribution in [0.3, 0.4) is 0 Å². The zero-order valence-electron chi connectivity index (χ0n) is 11.8. The molecule has 1 unspecified atom stereocenters. The number of unbranched alkanes of at least 4 members (excludes halogenated alkanes) is 1. The summed E-state index contributed by atoms with van der Waals surface area (Å²) in [6.45, 7) is 4.79. The third-order valence-corrected chi connectivity index (χ3v) is 3.68. The van der Waals surface area contributed by atoms with Crippen molar-refractivity contribution in [3.05, 3.63) is 34.3 Å². The van der Waals surface area contributed by atoms with Gasteiger partial charge in [-0.3, -0.25) is 4.79 Å². The van der Waals surface area contributed by atoms with E-state index < -0.39 is 0 Å². The van der Waals surface area contributed by atoms with E-state index in [4.69, 9.17) is 4.74 Å². The first-order valence-electron chi connectivity index (χ1n) is 7.08. The average Bonchev–Trinajstić information content (AvgIpc) is 2.39. The van der Waals surface area contributed by atoms with E-state index in [1.807, 2.05) is 12.1 Å². The molecule has 0 N–H and O–H groups in total. The Morgan fingerprint density at radius 2 is 1.89 bits per heavy atom. The van der Waals surface area contributed by atoms with Crippen LogP contribution >= 0.6 is 15.9 Å². The van der Waals surface area contributed by atoms with Crippen molar-refractivity contribution in [2.45, 2.75) is 51.9 Å². The van der Waals surface area contributed by atoms with Gasteiger partial charge in [0.15, 0.2) is 0 Å². The molecule has 1 atom stereocenters. The first kappa shape index (κ1) is 16.2. The van der Waals surface area contributed by atoms with Crippen molar-refractivity contribution in [3.8, 4) is 0 Å². The topological polar surface area (TPSA) is 26.3 Å². The van der Waals surface area contributed by atoms with E-state index in [1.165, 1.54) is 5.56 Å². The van der Waals surface area contributed by atoms with Gasteiger partial charge in [-0.05, 0) is 36.5 Å². The minimum Gasteiger partial charge on any atom is -0.466 e. The van der Waals surface area contributed by atoms with Crippen LogP contribution in [-0.2, 0) is 9.53 Å². The molecule has 0 aliphatic carbocycles. The van der Waals surface area contributed by atoms with Crippen molar-refractivity contribution in [2.75, 3.05) is 6.61 Å². The number of carbonyl (C=O) groups is 1. The first-order valence-corrected chi connectivity index (χ1v) is 7.87. The van der Waals surface area contributed by atoms with Crippen molar-refractivity contribution in [1.82, 2.24) is 0 Å². The van der Waals surface area contributed by atoms with Gasteiger partial charge >= 0.3 is 5.97 Å². The van der Waals surface area contributed by atoms with Crippen LogP contribution in [0.4, 0.5) is 0 Å². The average molecular weight is 327 g/mol. The van der Waals surface area contributed by atoms with E-state index >= 15 is 0 Å². The Kier molecular flexibility index (Phi) is 7.80. The fourth-order valence-corrected chi connectivity index (χ4v) is 2.32. The van der Waals surface area contributed by atoms with E-state index in [-0.39, 0.29) is 11.9 Å². The van der Waals surface area contributed by atoms with Gasteiger partial charge in [0, 0.05) is 4.47 Å². The molecule has 2 nitrogen and oxygen atoms in total. The fraction of sp³-hybridized carbons (Fsp3) is 0.562. The lowest BCUT2D eigenvalue weighted by molar-refractivity contribution is -0.144. The SMILES string of the molecule is CCCCOC(=O)CC(CCC)c1ccc(Br)cc1. The normalized spacial score (nSPS) is 12.2. The van der Waals surface area contributed by atoms with Gasteiger partial charge in [0.2, 0.25) is 0 Å². The molecule has 1 aromatic carbocycles. The zero-order valence-corrected chi connectivity index (χ0v) is 13.4. The van der Waals surface area contributed by atoms with E-state index in [9.17, 15) is 4.79 Å². The van der Waals surface area contributed by atoms with Gasteiger partial charge in [0.05, 0.1) is 13.0 Å². The highest BCUT2D eigenvalue weighted by Gasteiger charge is 2.16. The van der Waals surface area contributed by atoms with Crippen molar-refractivity contribution in [1.29, 1.82) is 0 Å². The summed E-state index contributed by atoms with van der Waals surface area (Å²) in [7, 11) is 0. The molecule has 0 heterocycles. The molecular formula is C16H23BrO2. The number of hydrogen-bond acceptors (Lipinski definition) is 2. The summed E-state index contributed by atoms with van der Waals surface area (Å²) < 4.78 is 6.32. The molecule has 1 aromatic rings. The lowest BCUT2D eigenvalue weighted by Crippen LogP contribution is -2.11. The Morgan fingerprint density at radius 3 is 2.47 bits per heavy atom. The molecule has 19 heavy (non-hydrogen) atoms. The second-order valence-electron chi connectivity index (χ2n) is 4.82. The lowest BCUT2D eigenvalue weighted by Gasteiger charge is -2.16. The van der Waals surface area contributed by atoms with E-state index in [0.29, 0.717) is 13.0 Å². The molecule has 0 saturated carbocycles. The first-order chi connectivity index (χ1) is 9.17. The molecule has 0 amide bonds. The Hall–Kier alpha value is -0.830. The Bertz CT molecular complexity index is 373. The van der Waals surface area contributed by atoms with Crippen molar-refractivity contribution < 1.29 is 9.53 Å². The number of rotatable bonds is 8. The second-order valence-corrected chi connectivity index (χ2v) is 5.73. The molecule has 0 spiro atoms. The van der Waals surface area contributed by atoms with Gasteiger partial charge in [-0.15, -0.1) is 0 Å². The number of hydrogen-bond donors (Lipinski definition) is 0. The molecular weight excluding hydrogens is 304 g/mol. The number of ether oxygens (including phenoxy) is 1. The number of esters is 1. The Balaban J connectivity index is 2.57. The van der Waals surface area contributed by atoms with Crippen LogP contribution < -0.4 is 0 Å². The summed E-state index contributed by atoms with van der Waals surface area (Å²) in [5.41, 5.74) is 1.22. The predicted molar refractivity (Wildman–Crippen MR) is 82.3 cm³/mol. The Morgan fingerprint density at radius 1 is 1.21 bits per heavy atom. The molecule has 0 saturated heterocycles. The van der Waals surface area contributed by atoms with E-state index in [0.717, 1.165) is 30.2 Å². The van der Waals surface area contributed by atoms with Crippen LogP contribution in [0.25, 0.3) is 0 Å². The van der Waals surface area contributed by atoms with Gasteiger partial charge in [-0.2, -0.15) is 0 Å². The van der Waals surface area contributed by atoms with Crippen LogP contribution in [0.5, 0.6) is 0 Å². The maximum Gasteiger partial charge on any atom is 0.306 e. The number of carbonyl (C=O) groups excluding carboxylic acids is 1. The van der Waals surface area contributed by atoms with E-state index in [1.54, 1.807) is 0 Å². The van der Waals surface area contributed by atoms with Crippen LogP contribution in [-0.4, -0.2) is 12.6 Å². The summed E-state index contributed by atoms with van der Waals surface area (Å²) in [5.74, 6) is 0.196. The molecule has 0 fully saturated rings. The van der Waals surface area contributed by atoms with Crippen molar-refractivity contribution in [3.63, 3.8) is 0 Å². The highest BCUT2D eigenvalue weighted by Crippen LogP contribution is 2.26. The summed E-state index contributed by atoms with van der Waals surface area (Å²) >= 11 is 3.43. The minimum absolute atomic E-state index is 0.0742. The maximum atomic E-state index is 11.8. The standard InChI is InChI=1S/C16H23BrO2/c1-3-5-11-19-16(18)12-14(6-4-2)13-7-9-15(17)10-8-13/h7-10,14H,3-6,11-12H2,1-2H3. The number of benzene rings is 1. The van der Waals surface area contributed by atoms with Crippen molar-refractivity contribution in [2.24, 2.45) is 0 Å². The monoisotopic (exact) mass is 326 g/mol. The molecule has 1 rings (SSSR count). The molecule has 106 valence electrons. The predicted octanol–water partition coefficient (Wildman–Crippen LogP) is 5.07. The summed E-state index contributed by atoms with van der Waals surface area (Å²) in [5, 5.41) is 0. The third-order valence-electron chi connectivity index (χ3n) is 3.15. The molecule has 3 heteroatoms. The molecule has 0 aliphatic heterocycles. The quantitative estimate of drug-likeness (QED) is 0.492. The molecule has 0 aromatic heterocycles. The zero-order chi connectivity index (χ0) is 14.1.